The highest BCUT2D eigenvalue weighted by atomic mass is 16.3. The molecule has 0 aliphatic heterocycles. The number of nitrogens with zero attached hydrogens (tertiary/aromatic N) is 2. The second-order valence-electron chi connectivity index (χ2n) is 3.58. The van der Waals surface area contributed by atoms with Crippen molar-refractivity contribution in [3.05, 3.63) is 18.7 Å². The zero-order chi connectivity index (χ0) is 9.10. The predicted octanol–water partition coefficient (Wildman–Crippen LogP) is -0.00400. The Morgan fingerprint density at radius 2 is 2.46 bits per heavy atom. The van der Waals surface area contributed by atoms with E-state index in [-0.39, 0.29) is 12.6 Å². The van der Waals surface area contributed by atoms with Crippen molar-refractivity contribution in [1.82, 2.24) is 14.9 Å². The summed E-state index contributed by atoms with van der Waals surface area (Å²) in [6.07, 6.45) is 7.95. The quantitative estimate of drug-likeness (QED) is 0.672. The lowest BCUT2D eigenvalue weighted by molar-refractivity contribution is 0.227. The van der Waals surface area contributed by atoms with Crippen molar-refractivity contribution < 1.29 is 5.11 Å². The molecule has 0 bridgehead atoms. The van der Waals surface area contributed by atoms with E-state index in [1.54, 1.807) is 12.5 Å². The van der Waals surface area contributed by atoms with Gasteiger partial charge in [0, 0.05) is 31.0 Å². The van der Waals surface area contributed by atoms with E-state index in [0.717, 1.165) is 6.54 Å². The molecule has 1 heterocycles. The Labute approximate surface area is 77.6 Å². The molecule has 1 aromatic heterocycles. The molecule has 1 aliphatic rings. The molecule has 0 radical (unpaired) electrons. The average molecular weight is 181 g/mol. The SMILES string of the molecule is OCC(Cn1ccnc1)NC1CC1. The largest absolute Gasteiger partial charge is 0.395 e. The van der Waals surface area contributed by atoms with Gasteiger partial charge in [-0.05, 0) is 12.8 Å². The van der Waals surface area contributed by atoms with Gasteiger partial charge in [-0.2, -0.15) is 0 Å². The molecule has 2 N–H and O–H groups in total. The van der Waals surface area contributed by atoms with Crippen molar-refractivity contribution in [1.29, 1.82) is 0 Å². The van der Waals surface area contributed by atoms with Crippen LogP contribution in [-0.4, -0.2) is 33.3 Å². The molecule has 1 fully saturated rings. The summed E-state index contributed by atoms with van der Waals surface area (Å²) in [7, 11) is 0. The third-order valence-electron chi connectivity index (χ3n) is 2.26. The molecule has 0 saturated heterocycles. The highest BCUT2D eigenvalue weighted by Crippen LogP contribution is 2.19. The van der Waals surface area contributed by atoms with Gasteiger partial charge >= 0.3 is 0 Å². The maximum atomic E-state index is 9.11. The van der Waals surface area contributed by atoms with Gasteiger partial charge in [0.25, 0.3) is 0 Å². The summed E-state index contributed by atoms with van der Waals surface area (Å²) in [5, 5.41) is 12.5. The van der Waals surface area contributed by atoms with E-state index < -0.39 is 0 Å². The van der Waals surface area contributed by atoms with Crippen LogP contribution in [0.3, 0.4) is 0 Å². The predicted molar refractivity (Wildman–Crippen MR) is 49.3 cm³/mol. The molecule has 4 nitrogen and oxygen atoms in total. The number of nitrogens with one attached hydrogen (secondary N) is 1. The first-order valence-electron chi connectivity index (χ1n) is 4.71. The Hall–Kier alpha value is -0.870. The first-order chi connectivity index (χ1) is 6.38. The lowest BCUT2D eigenvalue weighted by atomic mass is 10.3. The number of hydrogen-bond donors (Lipinski definition) is 2. The zero-order valence-electron chi connectivity index (χ0n) is 7.56. The molecule has 1 saturated carbocycles. The number of hydrogen-bond acceptors (Lipinski definition) is 3. The third kappa shape index (κ3) is 2.54. The average Bonchev–Trinajstić information content (AvgIpc) is 2.80. The number of aliphatic hydroxyl groups excluding tert-OH is 1. The van der Waals surface area contributed by atoms with Crippen molar-refractivity contribution in [2.45, 2.75) is 31.5 Å². The van der Waals surface area contributed by atoms with Crippen molar-refractivity contribution >= 4 is 0 Å². The fourth-order valence-electron chi connectivity index (χ4n) is 1.40. The Morgan fingerprint density at radius 3 is 3.00 bits per heavy atom. The Balaban J connectivity index is 1.82. The lowest BCUT2D eigenvalue weighted by Crippen LogP contribution is -2.37. The number of rotatable bonds is 5. The monoisotopic (exact) mass is 181 g/mol. The first-order valence-corrected chi connectivity index (χ1v) is 4.71. The first kappa shape index (κ1) is 8.72. The summed E-state index contributed by atoms with van der Waals surface area (Å²) in [6, 6.07) is 0.808. The minimum atomic E-state index is 0.168. The normalized spacial score (nSPS) is 18.8. The standard InChI is InChI=1S/C9H15N3O/c13-6-9(11-8-1-2-8)5-12-4-3-10-7-12/h3-4,7-9,11,13H,1-2,5-6H2. The van der Waals surface area contributed by atoms with Gasteiger partial charge in [0.1, 0.15) is 0 Å². The molecule has 72 valence electrons. The number of aromatic nitrogens is 2. The summed E-state index contributed by atoms with van der Waals surface area (Å²) in [6.45, 7) is 0.988. The van der Waals surface area contributed by atoms with E-state index in [2.05, 4.69) is 10.3 Å². The van der Waals surface area contributed by atoms with E-state index in [1.165, 1.54) is 12.8 Å². The van der Waals surface area contributed by atoms with Crippen LogP contribution in [0.1, 0.15) is 12.8 Å². The van der Waals surface area contributed by atoms with Crippen LogP contribution in [0.15, 0.2) is 18.7 Å². The van der Waals surface area contributed by atoms with Crippen molar-refractivity contribution in [2.75, 3.05) is 6.61 Å². The van der Waals surface area contributed by atoms with Crippen molar-refractivity contribution in [3.8, 4) is 0 Å². The van der Waals surface area contributed by atoms with E-state index in [0.29, 0.717) is 6.04 Å². The van der Waals surface area contributed by atoms with Gasteiger partial charge in [0.2, 0.25) is 0 Å². The van der Waals surface area contributed by atoms with Crippen LogP contribution < -0.4 is 5.32 Å². The Bertz CT molecular complexity index is 243. The van der Waals surface area contributed by atoms with Crippen LogP contribution in [0, 0.1) is 0 Å². The van der Waals surface area contributed by atoms with E-state index in [4.69, 9.17) is 5.11 Å². The van der Waals surface area contributed by atoms with Gasteiger partial charge in [-0.3, -0.25) is 0 Å². The van der Waals surface area contributed by atoms with Crippen molar-refractivity contribution in [3.63, 3.8) is 0 Å². The zero-order valence-corrected chi connectivity index (χ0v) is 7.56. The van der Waals surface area contributed by atoms with Crippen LogP contribution >= 0.6 is 0 Å². The molecular formula is C9H15N3O. The van der Waals surface area contributed by atoms with E-state index in [1.807, 2.05) is 10.8 Å². The molecule has 0 amide bonds. The van der Waals surface area contributed by atoms with Crippen LogP contribution in [0.5, 0.6) is 0 Å². The van der Waals surface area contributed by atoms with Gasteiger partial charge in [0.05, 0.1) is 12.9 Å². The van der Waals surface area contributed by atoms with Gasteiger partial charge in [-0.15, -0.1) is 0 Å². The van der Waals surface area contributed by atoms with Gasteiger partial charge < -0.3 is 15.0 Å². The topological polar surface area (TPSA) is 50.1 Å². The summed E-state index contributed by atoms with van der Waals surface area (Å²) < 4.78 is 1.98. The summed E-state index contributed by atoms with van der Waals surface area (Å²) in [4.78, 5) is 3.96. The molecule has 0 aromatic carbocycles. The second kappa shape index (κ2) is 3.89. The highest BCUT2D eigenvalue weighted by molar-refractivity contribution is 4.86. The minimum Gasteiger partial charge on any atom is -0.395 e. The third-order valence-corrected chi connectivity index (χ3v) is 2.26. The van der Waals surface area contributed by atoms with Crippen molar-refractivity contribution in [2.24, 2.45) is 0 Å². The van der Waals surface area contributed by atoms with Crippen LogP contribution in [0.2, 0.25) is 0 Å². The molecule has 2 rings (SSSR count). The lowest BCUT2D eigenvalue weighted by Gasteiger charge is -2.15. The maximum absolute atomic E-state index is 9.11. The van der Waals surface area contributed by atoms with Gasteiger partial charge in [0.15, 0.2) is 0 Å². The van der Waals surface area contributed by atoms with Crippen LogP contribution in [0.4, 0.5) is 0 Å². The molecule has 0 spiro atoms. The van der Waals surface area contributed by atoms with Gasteiger partial charge in [-0.1, -0.05) is 0 Å². The fraction of sp³-hybridized carbons (Fsp3) is 0.667. The summed E-state index contributed by atoms with van der Waals surface area (Å²) in [5.41, 5.74) is 0. The highest BCUT2D eigenvalue weighted by Gasteiger charge is 2.24. The fourth-order valence-corrected chi connectivity index (χ4v) is 1.40. The second-order valence-corrected chi connectivity index (χ2v) is 3.58. The number of aliphatic hydroxyl groups is 1. The maximum Gasteiger partial charge on any atom is 0.0946 e. The Morgan fingerprint density at radius 1 is 1.62 bits per heavy atom. The smallest absolute Gasteiger partial charge is 0.0946 e. The van der Waals surface area contributed by atoms with Crippen LogP contribution in [0.25, 0.3) is 0 Å². The molecule has 4 heteroatoms. The summed E-state index contributed by atoms with van der Waals surface area (Å²) in [5.74, 6) is 0. The van der Waals surface area contributed by atoms with Gasteiger partial charge in [-0.25, -0.2) is 4.98 Å². The summed E-state index contributed by atoms with van der Waals surface area (Å²) >= 11 is 0. The number of imidazole rings is 1. The molecule has 1 atom stereocenters. The molecule has 1 aromatic rings. The molecule has 1 aliphatic carbocycles. The molecular weight excluding hydrogens is 166 g/mol. The van der Waals surface area contributed by atoms with E-state index in [9.17, 15) is 0 Å². The van der Waals surface area contributed by atoms with E-state index >= 15 is 0 Å². The minimum absolute atomic E-state index is 0.168. The van der Waals surface area contributed by atoms with Crippen LogP contribution in [-0.2, 0) is 6.54 Å². The molecule has 1 unspecified atom stereocenters. The molecule has 13 heavy (non-hydrogen) atoms. The Kier molecular flexibility index (Phi) is 2.61.